The molecule has 2 unspecified atom stereocenters. The minimum Gasteiger partial charge on any atom is -0.485 e. The van der Waals surface area contributed by atoms with Crippen LogP contribution in [-0.2, 0) is 4.79 Å². The van der Waals surface area contributed by atoms with Crippen LogP contribution in [0.4, 0.5) is 0 Å². The molecule has 2 aliphatic heterocycles. The molecule has 25 heavy (non-hydrogen) atoms. The van der Waals surface area contributed by atoms with Crippen molar-refractivity contribution in [3.63, 3.8) is 0 Å². The number of ether oxygens (including phenoxy) is 1. The maximum Gasteiger partial charge on any atom is 0.291 e. The molecule has 0 saturated carbocycles. The lowest BCUT2D eigenvalue weighted by molar-refractivity contribution is -0.742. The Kier molecular flexibility index (Phi) is 5.13. The van der Waals surface area contributed by atoms with Crippen LogP contribution in [0.1, 0.15) is 43.9 Å². The molecule has 0 aromatic heterocycles. The highest BCUT2D eigenvalue weighted by Gasteiger charge is 2.47. The number of amides is 1. The number of carbonyl (C=O) groups excluding carboxylic acids is 1. The maximum atomic E-state index is 12.1. The fraction of sp³-hybridized carbons (Fsp3) is 0.500. The van der Waals surface area contributed by atoms with Crippen molar-refractivity contribution in [2.24, 2.45) is 0 Å². The Bertz CT molecular complexity index is 723. The van der Waals surface area contributed by atoms with Crippen molar-refractivity contribution in [3.05, 3.63) is 39.4 Å². The number of carbonyl (C=O) groups is 1. The Labute approximate surface area is 144 Å². The van der Waals surface area contributed by atoms with Gasteiger partial charge in [0.1, 0.15) is 17.5 Å². The van der Waals surface area contributed by atoms with E-state index < -0.39 is 22.8 Å². The lowest BCUT2D eigenvalue weighted by Crippen LogP contribution is -2.53. The number of rotatable bonds is 1. The summed E-state index contributed by atoms with van der Waals surface area (Å²) in [5.74, 6) is 0.680. The van der Waals surface area contributed by atoms with E-state index in [9.17, 15) is 9.90 Å². The molecule has 1 saturated heterocycles. The summed E-state index contributed by atoms with van der Waals surface area (Å²) < 4.78 is 5.86. The molecule has 0 radical (unpaired) electrons. The number of aliphatic hydroxyl groups excluding tert-OH is 1. The number of likely N-dealkylation sites (tertiary alicyclic amines) is 1. The minimum atomic E-state index is -1.50. The van der Waals surface area contributed by atoms with Crippen molar-refractivity contribution in [2.45, 2.75) is 44.4 Å². The van der Waals surface area contributed by atoms with E-state index in [0.717, 1.165) is 12.0 Å². The molecule has 1 fully saturated rings. The largest absolute Gasteiger partial charge is 0.485 e. The summed E-state index contributed by atoms with van der Waals surface area (Å²) in [7, 11) is 0. The van der Waals surface area contributed by atoms with Gasteiger partial charge in [0.05, 0.1) is 17.7 Å². The number of fused-ring (bicyclic) bond motifs is 1. The lowest BCUT2D eigenvalue weighted by Gasteiger charge is -2.45. The van der Waals surface area contributed by atoms with Crippen molar-refractivity contribution in [3.8, 4) is 11.8 Å². The third-order valence-electron chi connectivity index (χ3n) is 4.29. The fourth-order valence-corrected chi connectivity index (χ4v) is 3.14. The molecule has 2 N–H and O–H groups in total. The highest BCUT2D eigenvalue weighted by atomic mass is 16.9. The molecule has 0 spiro atoms. The number of hydrogen-bond donors (Lipinski definition) is 2. The Hall–Kier alpha value is -2.86. The van der Waals surface area contributed by atoms with Crippen molar-refractivity contribution >= 4 is 5.91 Å². The van der Waals surface area contributed by atoms with Crippen LogP contribution in [0, 0.1) is 21.4 Å². The van der Waals surface area contributed by atoms with Crippen molar-refractivity contribution in [1.29, 1.82) is 5.26 Å². The Morgan fingerprint density at radius 3 is 2.64 bits per heavy atom. The molecule has 2 heterocycles. The van der Waals surface area contributed by atoms with E-state index in [0.29, 0.717) is 24.3 Å². The zero-order valence-electron chi connectivity index (χ0n) is 13.9. The quantitative estimate of drug-likeness (QED) is 0.577. The van der Waals surface area contributed by atoms with Crippen LogP contribution in [0.15, 0.2) is 18.2 Å². The SMILES string of the molecule is CC1(C)Oc2ccc(C#N)cc2C(N2CCCC2=O)C1O.O=[N+]([O-])O. The molecular formula is C16H19N3O6. The third-order valence-corrected chi connectivity index (χ3v) is 4.29. The van der Waals surface area contributed by atoms with Crippen LogP contribution in [0.2, 0.25) is 0 Å². The number of aliphatic hydroxyl groups is 1. The Morgan fingerprint density at radius 1 is 1.48 bits per heavy atom. The van der Waals surface area contributed by atoms with Crippen LogP contribution in [0.25, 0.3) is 0 Å². The van der Waals surface area contributed by atoms with Gasteiger partial charge in [0.2, 0.25) is 5.91 Å². The van der Waals surface area contributed by atoms with Gasteiger partial charge < -0.3 is 20.0 Å². The van der Waals surface area contributed by atoms with Gasteiger partial charge in [0.25, 0.3) is 5.09 Å². The van der Waals surface area contributed by atoms with E-state index in [1.165, 1.54) is 0 Å². The topological polar surface area (TPSA) is 137 Å². The first kappa shape index (κ1) is 18.5. The van der Waals surface area contributed by atoms with Gasteiger partial charge >= 0.3 is 0 Å². The predicted octanol–water partition coefficient (Wildman–Crippen LogP) is 1.41. The van der Waals surface area contributed by atoms with Crippen molar-refractivity contribution in [2.75, 3.05) is 6.54 Å². The van der Waals surface area contributed by atoms with E-state index in [2.05, 4.69) is 6.07 Å². The van der Waals surface area contributed by atoms with Crippen LogP contribution in [0.5, 0.6) is 5.75 Å². The highest BCUT2D eigenvalue weighted by molar-refractivity contribution is 5.79. The van der Waals surface area contributed by atoms with E-state index in [-0.39, 0.29) is 5.91 Å². The summed E-state index contributed by atoms with van der Waals surface area (Å²) in [4.78, 5) is 22.2. The van der Waals surface area contributed by atoms with Gasteiger partial charge in [-0.25, -0.2) is 0 Å². The minimum absolute atomic E-state index is 0.0464. The van der Waals surface area contributed by atoms with Gasteiger partial charge in [-0.15, -0.1) is 10.1 Å². The summed E-state index contributed by atoms with van der Waals surface area (Å²) >= 11 is 0. The number of nitrogens with zero attached hydrogens (tertiary/aromatic N) is 3. The molecule has 2 atom stereocenters. The normalized spacial score (nSPS) is 23.6. The van der Waals surface area contributed by atoms with Gasteiger partial charge in [-0.3, -0.25) is 4.79 Å². The second-order valence-corrected chi connectivity index (χ2v) is 6.39. The van der Waals surface area contributed by atoms with Crippen LogP contribution >= 0.6 is 0 Å². The smallest absolute Gasteiger partial charge is 0.291 e. The molecular weight excluding hydrogens is 330 g/mol. The van der Waals surface area contributed by atoms with Crippen LogP contribution < -0.4 is 4.74 Å². The standard InChI is InChI=1S/C16H18N2O3.HNO3/c1-16(2)15(20)14(18-7-3-4-13(18)19)11-8-10(9-17)5-6-12(11)21-16;2-1(3)4/h5-6,8,14-15,20H,3-4,7H2,1-2H3;(H,2,3,4). The lowest BCUT2D eigenvalue weighted by atomic mass is 9.85. The van der Waals surface area contributed by atoms with Gasteiger partial charge in [-0.2, -0.15) is 5.26 Å². The monoisotopic (exact) mass is 349 g/mol. The second-order valence-electron chi connectivity index (χ2n) is 6.39. The van der Waals surface area contributed by atoms with Gasteiger partial charge in [-0.05, 0) is 38.5 Å². The first-order chi connectivity index (χ1) is 11.7. The summed E-state index contributed by atoms with van der Waals surface area (Å²) in [6, 6.07) is 6.79. The van der Waals surface area contributed by atoms with E-state index >= 15 is 0 Å². The molecule has 1 aromatic carbocycles. The number of benzene rings is 1. The first-order valence-corrected chi connectivity index (χ1v) is 7.71. The van der Waals surface area contributed by atoms with E-state index in [4.69, 9.17) is 25.3 Å². The first-order valence-electron chi connectivity index (χ1n) is 7.71. The molecule has 9 nitrogen and oxygen atoms in total. The van der Waals surface area contributed by atoms with Gasteiger partial charge in [0, 0.05) is 18.5 Å². The van der Waals surface area contributed by atoms with Crippen molar-refractivity contribution in [1.82, 2.24) is 4.90 Å². The molecule has 0 bridgehead atoms. The average Bonchev–Trinajstić information content (AvgIpc) is 2.93. The van der Waals surface area contributed by atoms with Gasteiger partial charge in [0.15, 0.2) is 0 Å². The number of hydrogen-bond acceptors (Lipinski definition) is 6. The Balaban J connectivity index is 0.000000511. The average molecular weight is 349 g/mol. The van der Waals surface area contributed by atoms with Gasteiger partial charge in [-0.1, -0.05) is 0 Å². The zero-order valence-corrected chi connectivity index (χ0v) is 13.9. The zero-order chi connectivity index (χ0) is 18.8. The molecule has 0 aliphatic carbocycles. The highest BCUT2D eigenvalue weighted by Crippen LogP contribution is 2.44. The van der Waals surface area contributed by atoms with Crippen LogP contribution in [-0.4, -0.2) is 44.5 Å². The molecule has 1 aromatic rings. The number of nitriles is 1. The maximum absolute atomic E-state index is 12.1. The van der Waals surface area contributed by atoms with E-state index in [1.54, 1.807) is 23.1 Å². The predicted molar refractivity (Wildman–Crippen MR) is 84.3 cm³/mol. The molecule has 134 valence electrons. The van der Waals surface area contributed by atoms with Crippen LogP contribution in [0.3, 0.4) is 0 Å². The van der Waals surface area contributed by atoms with Crippen molar-refractivity contribution < 1.29 is 24.9 Å². The summed E-state index contributed by atoms with van der Waals surface area (Å²) in [5, 5.41) is 33.4. The molecule has 2 aliphatic rings. The molecule has 3 rings (SSSR count). The second kappa shape index (κ2) is 6.94. The summed E-state index contributed by atoms with van der Waals surface area (Å²) in [6.07, 6.45) is 0.481. The molecule has 9 heteroatoms. The Morgan fingerprint density at radius 2 is 2.12 bits per heavy atom. The summed E-state index contributed by atoms with van der Waals surface area (Å²) in [5.41, 5.74) is 0.436. The third kappa shape index (κ3) is 3.80. The summed E-state index contributed by atoms with van der Waals surface area (Å²) in [6.45, 7) is 4.26. The fourth-order valence-electron chi connectivity index (χ4n) is 3.14. The van der Waals surface area contributed by atoms with E-state index in [1.807, 2.05) is 13.8 Å². The molecule has 1 amide bonds.